The van der Waals surface area contributed by atoms with Gasteiger partial charge in [0.25, 0.3) is 5.89 Å². The zero-order valence-corrected chi connectivity index (χ0v) is 16.7. The van der Waals surface area contributed by atoms with Gasteiger partial charge < -0.3 is 4.42 Å². The highest BCUT2D eigenvalue weighted by Crippen LogP contribution is 2.36. The van der Waals surface area contributed by atoms with E-state index in [-0.39, 0.29) is 6.04 Å². The highest BCUT2D eigenvalue weighted by molar-refractivity contribution is 7.18. The van der Waals surface area contributed by atoms with Crippen molar-refractivity contribution in [1.29, 1.82) is 0 Å². The molecule has 0 bridgehead atoms. The molecule has 5 rings (SSSR count). The molecule has 0 N–H and O–H groups in total. The van der Waals surface area contributed by atoms with Crippen molar-refractivity contribution < 1.29 is 4.42 Å². The van der Waals surface area contributed by atoms with Crippen LogP contribution < -0.4 is 0 Å². The van der Waals surface area contributed by atoms with Gasteiger partial charge in [0, 0.05) is 5.92 Å². The summed E-state index contributed by atoms with van der Waals surface area (Å²) in [4.78, 5) is 8.32. The van der Waals surface area contributed by atoms with E-state index >= 15 is 0 Å². The van der Waals surface area contributed by atoms with Crippen molar-refractivity contribution in [2.75, 3.05) is 13.1 Å². The number of thiazole rings is 1. The number of fused-ring (bicyclic) bond motifs is 1. The van der Waals surface area contributed by atoms with E-state index in [4.69, 9.17) is 9.40 Å². The van der Waals surface area contributed by atoms with E-state index in [0.29, 0.717) is 17.7 Å². The monoisotopic (exact) mass is 396 g/mol. The smallest absolute Gasteiger partial charge is 0.257 e. The summed E-state index contributed by atoms with van der Waals surface area (Å²) >= 11 is 3.46. The van der Waals surface area contributed by atoms with Crippen LogP contribution in [0.5, 0.6) is 0 Å². The zero-order valence-electron chi connectivity index (χ0n) is 15.0. The molecule has 1 aromatic carbocycles. The lowest BCUT2D eigenvalue weighted by molar-refractivity contribution is 0.143. The number of hydrogen-bond donors (Lipinski definition) is 0. The van der Waals surface area contributed by atoms with Gasteiger partial charge in [-0.15, -0.1) is 32.9 Å². The number of nitrogens with zero attached hydrogens (tertiary/aromatic N) is 4. The predicted molar refractivity (Wildman–Crippen MR) is 109 cm³/mol. The van der Waals surface area contributed by atoms with Crippen LogP contribution in [0.2, 0.25) is 0 Å². The summed E-state index contributed by atoms with van der Waals surface area (Å²) in [6.07, 6.45) is 2.24. The molecule has 0 unspecified atom stereocenters. The fraction of sp³-hybridized carbons (Fsp3) is 0.350. The molecule has 1 atom stereocenters. The Labute approximate surface area is 165 Å². The number of likely N-dealkylation sites (tertiary alicyclic amines) is 1. The minimum Gasteiger partial charge on any atom is -0.418 e. The molecule has 138 valence electrons. The molecule has 7 heteroatoms. The number of rotatable bonds is 4. The molecule has 0 spiro atoms. The maximum atomic E-state index is 5.93. The summed E-state index contributed by atoms with van der Waals surface area (Å²) in [5.41, 5.74) is 1.13. The van der Waals surface area contributed by atoms with E-state index in [1.54, 1.807) is 11.3 Å². The van der Waals surface area contributed by atoms with Crippen molar-refractivity contribution in [2.45, 2.75) is 31.7 Å². The average Bonchev–Trinajstić information content (AvgIpc) is 3.47. The first kappa shape index (κ1) is 17.0. The van der Waals surface area contributed by atoms with Crippen LogP contribution in [0.1, 0.15) is 42.6 Å². The third-order valence-corrected chi connectivity index (χ3v) is 7.32. The van der Waals surface area contributed by atoms with Gasteiger partial charge in [0.1, 0.15) is 0 Å². The summed E-state index contributed by atoms with van der Waals surface area (Å²) in [5.74, 6) is 1.88. The lowest BCUT2D eigenvalue weighted by Crippen LogP contribution is -2.35. The molecule has 1 fully saturated rings. The van der Waals surface area contributed by atoms with Crippen molar-refractivity contribution in [2.24, 2.45) is 0 Å². The number of thiophene rings is 1. The first-order chi connectivity index (χ1) is 13.3. The average molecular weight is 397 g/mol. The van der Waals surface area contributed by atoms with Gasteiger partial charge in [0.05, 0.1) is 26.1 Å². The van der Waals surface area contributed by atoms with Crippen LogP contribution in [0.15, 0.2) is 46.2 Å². The Morgan fingerprint density at radius 2 is 1.96 bits per heavy atom. The summed E-state index contributed by atoms with van der Waals surface area (Å²) < 4.78 is 7.22. The van der Waals surface area contributed by atoms with Crippen LogP contribution in [0.25, 0.3) is 21.0 Å². The van der Waals surface area contributed by atoms with Gasteiger partial charge >= 0.3 is 0 Å². The first-order valence-corrected chi connectivity index (χ1v) is 10.9. The topological polar surface area (TPSA) is 55.1 Å². The zero-order chi connectivity index (χ0) is 18.2. The minimum atomic E-state index is 0.141. The molecule has 1 aliphatic rings. The van der Waals surface area contributed by atoms with Crippen LogP contribution in [0.3, 0.4) is 0 Å². The maximum Gasteiger partial charge on any atom is 0.257 e. The van der Waals surface area contributed by atoms with E-state index < -0.39 is 0 Å². The van der Waals surface area contributed by atoms with E-state index in [9.17, 15) is 0 Å². The van der Waals surface area contributed by atoms with E-state index in [0.717, 1.165) is 36.3 Å². The number of para-hydroxylation sites is 1. The Bertz CT molecular complexity index is 998. The normalized spacial score (nSPS) is 17.5. The van der Waals surface area contributed by atoms with Crippen LogP contribution in [0, 0.1) is 0 Å². The second-order valence-corrected chi connectivity index (χ2v) is 8.94. The van der Waals surface area contributed by atoms with Crippen molar-refractivity contribution in [3.8, 4) is 10.8 Å². The third kappa shape index (κ3) is 3.31. The van der Waals surface area contributed by atoms with Crippen LogP contribution in [0.4, 0.5) is 0 Å². The fourth-order valence-corrected chi connectivity index (χ4v) is 5.44. The van der Waals surface area contributed by atoms with Gasteiger partial charge in [-0.1, -0.05) is 18.2 Å². The number of hydrogen-bond acceptors (Lipinski definition) is 7. The van der Waals surface area contributed by atoms with Gasteiger partial charge in [0.2, 0.25) is 5.89 Å². The van der Waals surface area contributed by atoms with E-state index in [2.05, 4.69) is 46.3 Å². The SMILES string of the molecule is C[C@H](c1nnc(-c2cccs2)o1)N1CCC(c2nc3ccccc3s2)CC1. The number of piperidine rings is 1. The molecular formula is C20H20N4OS2. The molecule has 27 heavy (non-hydrogen) atoms. The summed E-state index contributed by atoms with van der Waals surface area (Å²) in [5, 5.41) is 11.8. The van der Waals surface area contributed by atoms with Crippen molar-refractivity contribution in [3.05, 3.63) is 52.7 Å². The van der Waals surface area contributed by atoms with Crippen LogP contribution in [-0.2, 0) is 0 Å². The lowest BCUT2D eigenvalue weighted by atomic mass is 9.96. The second kappa shape index (κ2) is 7.14. The predicted octanol–water partition coefficient (Wildman–Crippen LogP) is 5.35. The van der Waals surface area contributed by atoms with Gasteiger partial charge in [-0.05, 0) is 56.4 Å². The highest BCUT2D eigenvalue weighted by atomic mass is 32.1. The van der Waals surface area contributed by atoms with E-state index in [1.165, 1.54) is 9.71 Å². The molecule has 0 saturated carbocycles. The molecule has 3 aromatic heterocycles. The van der Waals surface area contributed by atoms with Crippen LogP contribution in [-0.4, -0.2) is 33.2 Å². The maximum absolute atomic E-state index is 5.93. The lowest BCUT2D eigenvalue weighted by Gasteiger charge is -2.33. The highest BCUT2D eigenvalue weighted by Gasteiger charge is 2.28. The molecule has 0 amide bonds. The fourth-order valence-electron chi connectivity index (χ4n) is 3.66. The molecule has 0 radical (unpaired) electrons. The molecule has 1 saturated heterocycles. The Morgan fingerprint density at radius 1 is 1.11 bits per heavy atom. The Balaban J connectivity index is 1.26. The molecule has 5 nitrogen and oxygen atoms in total. The van der Waals surface area contributed by atoms with Gasteiger partial charge in [-0.2, -0.15) is 0 Å². The van der Waals surface area contributed by atoms with Gasteiger partial charge in [-0.3, -0.25) is 4.90 Å². The standard InChI is InChI=1S/C20H20N4OS2/c1-13(18-22-23-19(25-18)17-7-4-12-26-17)24-10-8-14(9-11-24)20-21-15-5-2-3-6-16(15)27-20/h2-7,12-14H,8-11H2,1H3/t13-/m1/s1. The molecule has 4 heterocycles. The Morgan fingerprint density at radius 3 is 2.74 bits per heavy atom. The summed E-state index contributed by atoms with van der Waals surface area (Å²) in [6, 6.07) is 12.6. The van der Waals surface area contributed by atoms with Crippen molar-refractivity contribution >= 4 is 32.9 Å². The van der Waals surface area contributed by atoms with Crippen LogP contribution >= 0.6 is 22.7 Å². The van der Waals surface area contributed by atoms with Crippen molar-refractivity contribution in [3.63, 3.8) is 0 Å². The van der Waals surface area contributed by atoms with Crippen molar-refractivity contribution in [1.82, 2.24) is 20.1 Å². The Hall–Kier alpha value is -2.09. The first-order valence-electron chi connectivity index (χ1n) is 9.25. The Kier molecular flexibility index (Phi) is 4.51. The second-order valence-electron chi connectivity index (χ2n) is 6.93. The molecular weight excluding hydrogens is 376 g/mol. The summed E-state index contributed by atoms with van der Waals surface area (Å²) in [7, 11) is 0. The molecule has 0 aliphatic carbocycles. The summed E-state index contributed by atoms with van der Waals surface area (Å²) in [6.45, 7) is 4.21. The quantitative estimate of drug-likeness (QED) is 0.465. The molecule has 4 aromatic rings. The largest absolute Gasteiger partial charge is 0.418 e. The minimum absolute atomic E-state index is 0.141. The molecule has 1 aliphatic heterocycles. The third-order valence-electron chi connectivity index (χ3n) is 5.27. The van der Waals surface area contributed by atoms with Gasteiger partial charge in [-0.25, -0.2) is 4.98 Å². The van der Waals surface area contributed by atoms with E-state index in [1.807, 2.05) is 28.8 Å². The number of benzene rings is 1. The number of aromatic nitrogens is 3. The van der Waals surface area contributed by atoms with Gasteiger partial charge in [0.15, 0.2) is 0 Å².